The molecular weight excluding hydrogens is 256 g/mol. The minimum Gasteiger partial charge on any atom is -0.475 e. The van der Waals surface area contributed by atoms with Crippen molar-refractivity contribution in [2.45, 2.75) is 46.3 Å². The predicted molar refractivity (Wildman–Crippen MR) is 77.8 cm³/mol. The van der Waals surface area contributed by atoms with Crippen LogP contribution in [0.5, 0.6) is 5.88 Å². The predicted octanol–water partition coefficient (Wildman–Crippen LogP) is 2.01. The lowest BCUT2D eigenvalue weighted by Gasteiger charge is -2.17. The van der Waals surface area contributed by atoms with Crippen molar-refractivity contribution in [1.29, 1.82) is 0 Å². The van der Waals surface area contributed by atoms with Gasteiger partial charge in [-0.25, -0.2) is 4.98 Å². The van der Waals surface area contributed by atoms with E-state index in [1.54, 1.807) is 18.2 Å². The molecule has 0 saturated heterocycles. The summed E-state index contributed by atoms with van der Waals surface area (Å²) in [5.41, 5.74) is 0.291. The molecule has 1 rings (SSSR count). The zero-order chi connectivity index (χ0) is 15.1. The molecular formula is C15H24N2O3. The standard InChI is InChI=1S/C15H24N2O3/c1-5-11(4)13(18)9-16-15(19)12-7-6-8-14(17-12)20-10(2)3/h6-8,10-11,13,18H,5,9H2,1-4H3,(H,16,19). The first-order chi connectivity index (χ1) is 9.43. The number of aromatic nitrogens is 1. The number of aliphatic hydroxyl groups excluding tert-OH is 1. The van der Waals surface area contributed by atoms with Gasteiger partial charge in [-0.15, -0.1) is 0 Å². The molecule has 0 aliphatic carbocycles. The van der Waals surface area contributed by atoms with Crippen molar-refractivity contribution in [2.75, 3.05) is 6.54 Å². The summed E-state index contributed by atoms with van der Waals surface area (Å²) in [6.07, 6.45) is 0.333. The van der Waals surface area contributed by atoms with Gasteiger partial charge in [0.15, 0.2) is 0 Å². The summed E-state index contributed by atoms with van der Waals surface area (Å²) in [5.74, 6) is 0.274. The zero-order valence-electron chi connectivity index (χ0n) is 12.6. The van der Waals surface area contributed by atoms with Crippen LogP contribution in [0.25, 0.3) is 0 Å². The molecule has 1 aromatic rings. The highest BCUT2D eigenvalue weighted by molar-refractivity contribution is 5.92. The van der Waals surface area contributed by atoms with E-state index in [-0.39, 0.29) is 24.5 Å². The van der Waals surface area contributed by atoms with E-state index in [9.17, 15) is 9.90 Å². The smallest absolute Gasteiger partial charge is 0.270 e. The monoisotopic (exact) mass is 280 g/mol. The molecule has 20 heavy (non-hydrogen) atoms. The van der Waals surface area contributed by atoms with Crippen molar-refractivity contribution in [2.24, 2.45) is 5.92 Å². The van der Waals surface area contributed by atoms with Crippen LogP contribution >= 0.6 is 0 Å². The van der Waals surface area contributed by atoms with Crippen LogP contribution in [0.2, 0.25) is 0 Å². The number of amides is 1. The highest BCUT2D eigenvalue weighted by atomic mass is 16.5. The van der Waals surface area contributed by atoms with Gasteiger partial charge in [0.2, 0.25) is 5.88 Å². The van der Waals surface area contributed by atoms with E-state index in [0.29, 0.717) is 11.6 Å². The van der Waals surface area contributed by atoms with Gasteiger partial charge in [0.1, 0.15) is 5.69 Å². The fourth-order valence-electron chi connectivity index (χ4n) is 1.61. The first kappa shape index (κ1) is 16.4. The van der Waals surface area contributed by atoms with E-state index in [2.05, 4.69) is 10.3 Å². The van der Waals surface area contributed by atoms with Gasteiger partial charge in [-0.1, -0.05) is 26.3 Å². The molecule has 0 aliphatic heterocycles. The molecule has 0 spiro atoms. The second kappa shape index (κ2) is 7.85. The summed E-state index contributed by atoms with van der Waals surface area (Å²) in [6, 6.07) is 5.06. The lowest BCUT2D eigenvalue weighted by atomic mass is 10.0. The number of hydrogen-bond donors (Lipinski definition) is 2. The number of nitrogens with zero attached hydrogens (tertiary/aromatic N) is 1. The molecule has 2 atom stereocenters. The zero-order valence-corrected chi connectivity index (χ0v) is 12.6. The van der Waals surface area contributed by atoms with Gasteiger partial charge >= 0.3 is 0 Å². The van der Waals surface area contributed by atoms with Crippen molar-refractivity contribution in [3.05, 3.63) is 23.9 Å². The van der Waals surface area contributed by atoms with Crippen LogP contribution in [0, 0.1) is 5.92 Å². The molecule has 1 aromatic heterocycles. The fourth-order valence-corrected chi connectivity index (χ4v) is 1.61. The molecule has 0 saturated carbocycles. The Morgan fingerprint density at radius 3 is 2.70 bits per heavy atom. The second-order valence-corrected chi connectivity index (χ2v) is 5.19. The minimum absolute atomic E-state index is 0.00744. The topological polar surface area (TPSA) is 71.5 Å². The second-order valence-electron chi connectivity index (χ2n) is 5.19. The molecule has 0 aromatic carbocycles. The van der Waals surface area contributed by atoms with Crippen molar-refractivity contribution >= 4 is 5.91 Å². The Morgan fingerprint density at radius 1 is 1.40 bits per heavy atom. The normalized spacial score (nSPS) is 13.9. The van der Waals surface area contributed by atoms with E-state index >= 15 is 0 Å². The van der Waals surface area contributed by atoms with Gasteiger partial charge in [-0.05, 0) is 25.8 Å². The highest BCUT2D eigenvalue weighted by Gasteiger charge is 2.15. The molecule has 2 unspecified atom stereocenters. The Balaban J connectivity index is 2.59. The number of ether oxygens (including phenoxy) is 1. The number of carbonyl (C=O) groups excluding carboxylic acids is 1. The molecule has 5 heteroatoms. The van der Waals surface area contributed by atoms with E-state index in [0.717, 1.165) is 6.42 Å². The third kappa shape index (κ3) is 5.17. The first-order valence-corrected chi connectivity index (χ1v) is 7.04. The quantitative estimate of drug-likeness (QED) is 0.801. The molecule has 5 nitrogen and oxygen atoms in total. The molecule has 1 heterocycles. The maximum absolute atomic E-state index is 12.0. The van der Waals surface area contributed by atoms with Crippen molar-refractivity contribution in [3.8, 4) is 5.88 Å². The van der Waals surface area contributed by atoms with Crippen LogP contribution in [0.1, 0.15) is 44.6 Å². The Labute approximate surface area is 120 Å². The summed E-state index contributed by atoms with van der Waals surface area (Å²) >= 11 is 0. The lowest BCUT2D eigenvalue weighted by molar-refractivity contribution is 0.0844. The maximum atomic E-state index is 12.0. The molecule has 0 bridgehead atoms. The number of rotatable bonds is 7. The average molecular weight is 280 g/mol. The highest BCUT2D eigenvalue weighted by Crippen LogP contribution is 2.10. The number of nitrogens with one attached hydrogen (secondary N) is 1. The van der Waals surface area contributed by atoms with Gasteiger partial charge in [0.05, 0.1) is 12.2 Å². The fraction of sp³-hybridized carbons (Fsp3) is 0.600. The van der Waals surface area contributed by atoms with E-state index < -0.39 is 6.10 Å². The SMILES string of the molecule is CCC(C)C(O)CNC(=O)c1cccc(OC(C)C)n1. The van der Waals surface area contributed by atoms with Gasteiger partial charge in [-0.3, -0.25) is 4.79 Å². The molecule has 0 radical (unpaired) electrons. The largest absolute Gasteiger partial charge is 0.475 e. The van der Waals surface area contributed by atoms with Crippen molar-refractivity contribution in [3.63, 3.8) is 0 Å². The van der Waals surface area contributed by atoms with Gasteiger partial charge in [0, 0.05) is 12.6 Å². The minimum atomic E-state index is -0.543. The third-order valence-electron chi connectivity index (χ3n) is 3.09. The van der Waals surface area contributed by atoms with Crippen LogP contribution in [-0.2, 0) is 0 Å². The van der Waals surface area contributed by atoms with Gasteiger partial charge in [0.25, 0.3) is 5.91 Å². The van der Waals surface area contributed by atoms with Gasteiger partial charge < -0.3 is 15.2 Å². The van der Waals surface area contributed by atoms with Gasteiger partial charge in [-0.2, -0.15) is 0 Å². The van der Waals surface area contributed by atoms with Crippen LogP contribution in [0.3, 0.4) is 0 Å². The Morgan fingerprint density at radius 2 is 2.10 bits per heavy atom. The maximum Gasteiger partial charge on any atom is 0.270 e. The van der Waals surface area contributed by atoms with E-state index in [1.807, 2.05) is 27.7 Å². The summed E-state index contributed by atoms with van der Waals surface area (Å²) in [5, 5.41) is 12.5. The number of carbonyl (C=O) groups is 1. The number of aliphatic hydroxyl groups is 1. The molecule has 0 aliphatic rings. The number of hydrogen-bond acceptors (Lipinski definition) is 4. The van der Waals surface area contributed by atoms with E-state index in [1.165, 1.54) is 0 Å². The first-order valence-electron chi connectivity index (χ1n) is 7.04. The molecule has 112 valence electrons. The molecule has 1 amide bonds. The summed E-state index contributed by atoms with van der Waals surface area (Å²) in [7, 11) is 0. The summed E-state index contributed by atoms with van der Waals surface area (Å²) < 4.78 is 5.45. The molecule has 2 N–H and O–H groups in total. The average Bonchev–Trinajstić information content (AvgIpc) is 2.43. The van der Waals surface area contributed by atoms with Crippen molar-refractivity contribution in [1.82, 2.24) is 10.3 Å². The Hall–Kier alpha value is -1.62. The van der Waals surface area contributed by atoms with Crippen molar-refractivity contribution < 1.29 is 14.6 Å². The van der Waals surface area contributed by atoms with Crippen LogP contribution < -0.4 is 10.1 Å². The van der Waals surface area contributed by atoms with E-state index in [4.69, 9.17) is 4.74 Å². The van der Waals surface area contributed by atoms with Crippen LogP contribution in [0.15, 0.2) is 18.2 Å². The number of pyridine rings is 1. The summed E-state index contributed by atoms with van der Waals surface area (Å²) in [6.45, 7) is 7.98. The third-order valence-corrected chi connectivity index (χ3v) is 3.09. The summed E-state index contributed by atoms with van der Waals surface area (Å²) in [4.78, 5) is 16.1. The molecule has 0 fully saturated rings. The van der Waals surface area contributed by atoms with Crippen LogP contribution in [0.4, 0.5) is 0 Å². The Bertz CT molecular complexity index is 435. The Kier molecular flexibility index (Phi) is 6.45. The lowest BCUT2D eigenvalue weighted by Crippen LogP contribution is -2.35. The van der Waals surface area contributed by atoms with Crippen LogP contribution in [-0.4, -0.2) is 34.8 Å².